The first-order chi connectivity index (χ1) is 10.8. The molecule has 0 saturated carbocycles. The van der Waals surface area contributed by atoms with E-state index in [9.17, 15) is 33.0 Å². The summed E-state index contributed by atoms with van der Waals surface area (Å²) in [7, 11) is 0. The topological polar surface area (TPSA) is 77.8 Å². The number of aromatic hydroxyl groups is 2. The minimum Gasteiger partial charge on any atom is -0.504 e. The van der Waals surface area contributed by atoms with Gasteiger partial charge in [0, 0.05) is 11.6 Å². The second-order valence-electron chi connectivity index (χ2n) is 4.91. The van der Waals surface area contributed by atoms with Crippen molar-refractivity contribution >= 4 is 11.8 Å². The van der Waals surface area contributed by atoms with Crippen LogP contribution in [-0.2, 0) is 6.54 Å². The predicted molar refractivity (Wildman–Crippen MR) is 70.3 cm³/mol. The third kappa shape index (κ3) is 2.19. The third-order valence-electron chi connectivity index (χ3n) is 3.51. The standard InChI is InChI=1S/C15H8F3NO4/c16-8-4-10(18)9(17)3-6(8)5-19-14(22)7-1-2-11(20)13(21)12(7)15(19)23/h1-4,20-21H,5H2. The van der Waals surface area contributed by atoms with E-state index in [0.29, 0.717) is 17.0 Å². The van der Waals surface area contributed by atoms with Gasteiger partial charge in [-0.15, -0.1) is 0 Å². The zero-order valence-electron chi connectivity index (χ0n) is 11.3. The van der Waals surface area contributed by atoms with Gasteiger partial charge >= 0.3 is 0 Å². The van der Waals surface area contributed by atoms with Crippen LogP contribution in [0.1, 0.15) is 26.3 Å². The monoisotopic (exact) mass is 323 g/mol. The molecule has 2 aromatic carbocycles. The molecule has 1 aliphatic rings. The van der Waals surface area contributed by atoms with Gasteiger partial charge in [0.1, 0.15) is 5.82 Å². The van der Waals surface area contributed by atoms with Crippen LogP contribution in [0.25, 0.3) is 0 Å². The molecule has 2 amide bonds. The summed E-state index contributed by atoms with van der Waals surface area (Å²) in [6.07, 6.45) is 0. The number of carbonyl (C=O) groups excluding carboxylic acids is 2. The quantitative estimate of drug-likeness (QED) is 0.505. The summed E-state index contributed by atoms with van der Waals surface area (Å²) in [5.41, 5.74) is -0.992. The van der Waals surface area contributed by atoms with Gasteiger partial charge in [0.15, 0.2) is 23.1 Å². The van der Waals surface area contributed by atoms with E-state index in [1.54, 1.807) is 0 Å². The lowest BCUT2D eigenvalue weighted by Crippen LogP contribution is -2.29. The Balaban J connectivity index is 2.01. The lowest BCUT2D eigenvalue weighted by Gasteiger charge is -2.14. The Hall–Kier alpha value is -3.03. The van der Waals surface area contributed by atoms with Crippen LogP contribution in [-0.4, -0.2) is 26.9 Å². The van der Waals surface area contributed by atoms with Crippen molar-refractivity contribution in [3.63, 3.8) is 0 Å². The molecule has 3 rings (SSSR count). The van der Waals surface area contributed by atoms with Crippen LogP contribution in [0.4, 0.5) is 13.2 Å². The van der Waals surface area contributed by atoms with E-state index in [2.05, 4.69) is 0 Å². The Labute approximate surface area is 127 Å². The van der Waals surface area contributed by atoms with Crippen LogP contribution in [0.15, 0.2) is 24.3 Å². The van der Waals surface area contributed by atoms with Crippen molar-refractivity contribution in [2.24, 2.45) is 0 Å². The van der Waals surface area contributed by atoms with Gasteiger partial charge in [0.25, 0.3) is 11.8 Å². The summed E-state index contributed by atoms with van der Waals surface area (Å²) in [6, 6.07) is 3.02. The van der Waals surface area contributed by atoms with Crippen molar-refractivity contribution in [1.29, 1.82) is 0 Å². The first-order valence-corrected chi connectivity index (χ1v) is 6.35. The molecule has 0 aromatic heterocycles. The summed E-state index contributed by atoms with van der Waals surface area (Å²) < 4.78 is 39.8. The van der Waals surface area contributed by atoms with Gasteiger partial charge in [-0.3, -0.25) is 14.5 Å². The molecule has 1 heterocycles. The number of nitrogens with zero attached hydrogens (tertiary/aromatic N) is 1. The maximum absolute atomic E-state index is 13.7. The van der Waals surface area contributed by atoms with E-state index >= 15 is 0 Å². The molecule has 5 nitrogen and oxygen atoms in total. The summed E-state index contributed by atoms with van der Waals surface area (Å²) in [5.74, 6) is -7.01. The van der Waals surface area contributed by atoms with Crippen molar-refractivity contribution in [3.8, 4) is 11.5 Å². The molecular formula is C15H8F3NO4. The Morgan fingerprint density at radius 1 is 0.913 bits per heavy atom. The van der Waals surface area contributed by atoms with Crippen LogP contribution in [0.3, 0.4) is 0 Å². The Bertz CT molecular complexity index is 866. The molecule has 1 aliphatic heterocycles. The van der Waals surface area contributed by atoms with Gasteiger partial charge in [-0.05, 0) is 18.2 Å². The maximum atomic E-state index is 13.7. The molecule has 0 unspecified atom stereocenters. The average molecular weight is 323 g/mol. The largest absolute Gasteiger partial charge is 0.504 e. The molecule has 0 spiro atoms. The number of amides is 2. The number of carbonyl (C=O) groups is 2. The number of phenols is 2. The molecular weight excluding hydrogens is 315 g/mol. The highest BCUT2D eigenvalue weighted by Crippen LogP contribution is 2.37. The molecule has 0 atom stereocenters. The number of phenolic OH excluding ortho intramolecular Hbond substituents is 2. The number of fused-ring (bicyclic) bond motifs is 1. The van der Waals surface area contributed by atoms with Gasteiger partial charge < -0.3 is 10.2 Å². The number of benzene rings is 2. The summed E-state index contributed by atoms with van der Waals surface area (Å²) in [4.78, 5) is 24.9. The molecule has 0 saturated heterocycles. The second-order valence-corrected chi connectivity index (χ2v) is 4.91. The van der Waals surface area contributed by atoms with Gasteiger partial charge in [0.2, 0.25) is 0 Å². The van der Waals surface area contributed by atoms with Crippen LogP contribution >= 0.6 is 0 Å². The Morgan fingerprint density at radius 2 is 1.57 bits per heavy atom. The third-order valence-corrected chi connectivity index (χ3v) is 3.51. The van der Waals surface area contributed by atoms with Gasteiger partial charge in [-0.1, -0.05) is 0 Å². The molecule has 23 heavy (non-hydrogen) atoms. The van der Waals surface area contributed by atoms with Crippen LogP contribution in [0.2, 0.25) is 0 Å². The second kappa shape index (κ2) is 5.01. The lowest BCUT2D eigenvalue weighted by atomic mass is 10.1. The first kappa shape index (κ1) is 14.9. The molecule has 118 valence electrons. The maximum Gasteiger partial charge on any atom is 0.265 e. The van der Waals surface area contributed by atoms with Crippen molar-refractivity contribution < 1.29 is 33.0 Å². The first-order valence-electron chi connectivity index (χ1n) is 6.35. The molecule has 8 heteroatoms. The zero-order chi connectivity index (χ0) is 16.9. The molecule has 0 bridgehead atoms. The number of imide groups is 1. The van der Waals surface area contributed by atoms with E-state index in [1.165, 1.54) is 0 Å². The summed E-state index contributed by atoms with van der Waals surface area (Å²) in [6.45, 7) is -0.643. The minimum atomic E-state index is -1.39. The average Bonchev–Trinajstić information content (AvgIpc) is 2.73. The summed E-state index contributed by atoms with van der Waals surface area (Å²) >= 11 is 0. The number of hydrogen-bond donors (Lipinski definition) is 2. The van der Waals surface area contributed by atoms with E-state index < -0.39 is 58.4 Å². The number of rotatable bonds is 2. The summed E-state index contributed by atoms with van der Waals surface area (Å²) in [5, 5.41) is 19.1. The zero-order valence-corrected chi connectivity index (χ0v) is 11.3. The highest BCUT2D eigenvalue weighted by molar-refractivity contribution is 6.22. The van der Waals surface area contributed by atoms with Gasteiger partial charge in [-0.2, -0.15) is 0 Å². The number of halogens is 3. The normalized spacial score (nSPS) is 13.6. The minimum absolute atomic E-state index is 0.173. The van der Waals surface area contributed by atoms with Crippen LogP contribution < -0.4 is 0 Å². The van der Waals surface area contributed by atoms with Crippen LogP contribution in [0, 0.1) is 17.5 Å². The van der Waals surface area contributed by atoms with Crippen molar-refractivity contribution in [2.45, 2.75) is 6.54 Å². The lowest BCUT2D eigenvalue weighted by molar-refractivity contribution is 0.0640. The van der Waals surface area contributed by atoms with Crippen molar-refractivity contribution in [2.75, 3.05) is 0 Å². The smallest absolute Gasteiger partial charge is 0.265 e. The highest BCUT2D eigenvalue weighted by Gasteiger charge is 2.39. The van der Waals surface area contributed by atoms with Crippen molar-refractivity contribution in [3.05, 3.63) is 58.4 Å². The van der Waals surface area contributed by atoms with Gasteiger partial charge in [0.05, 0.1) is 17.7 Å². The Morgan fingerprint density at radius 3 is 2.26 bits per heavy atom. The van der Waals surface area contributed by atoms with E-state index in [-0.39, 0.29) is 5.56 Å². The molecule has 0 radical (unpaired) electrons. The predicted octanol–water partition coefficient (Wildman–Crippen LogP) is 2.31. The molecule has 0 aliphatic carbocycles. The van der Waals surface area contributed by atoms with E-state index in [1.807, 2.05) is 0 Å². The Kier molecular flexibility index (Phi) is 3.24. The fraction of sp³-hybridized carbons (Fsp3) is 0.0667. The SMILES string of the molecule is O=C1c2ccc(O)c(O)c2C(=O)N1Cc1cc(F)c(F)cc1F. The number of hydrogen-bond acceptors (Lipinski definition) is 4. The van der Waals surface area contributed by atoms with Crippen molar-refractivity contribution in [1.82, 2.24) is 4.90 Å². The fourth-order valence-corrected chi connectivity index (χ4v) is 2.35. The van der Waals surface area contributed by atoms with Crippen LogP contribution in [0.5, 0.6) is 11.5 Å². The van der Waals surface area contributed by atoms with E-state index in [0.717, 1.165) is 12.1 Å². The highest BCUT2D eigenvalue weighted by atomic mass is 19.2. The molecule has 2 N–H and O–H groups in total. The van der Waals surface area contributed by atoms with E-state index in [4.69, 9.17) is 0 Å². The van der Waals surface area contributed by atoms with Gasteiger partial charge in [-0.25, -0.2) is 13.2 Å². The fourth-order valence-electron chi connectivity index (χ4n) is 2.35. The molecule has 0 fully saturated rings. The molecule has 2 aromatic rings.